The van der Waals surface area contributed by atoms with Gasteiger partial charge in [0.1, 0.15) is 6.42 Å². The SMILES string of the molecule is COc1ccc(-c2nc(CC(F)(F)F)no2)cc1O. The lowest BCUT2D eigenvalue weighted by Gasteiger charge is -2.03. The fourth-order valence-electron chi connectivity index (χ4n) is 1.45. The normalized spacial score (nSPS) is 11.6. The van der Waals surface area contributed by atoms with Crippen molar-refractivity contribution in [2.24, 2.45) is 0 Å². The molecule has 0 bridgehead atoms. The molecule has 1 N–H and O–H groups in total. The molecule has 0 saturated carbocycles. The van der Waals surface area contributed by atoms with Crippen LogP contribution in [0.2, 0.25) is 0 Å². The molecule has 0 radical (unpaired) electrons. The van der Waals surface area contributed by atoms with E-state index in [1.807, 2.05) is 0 Å². The lowest BCUT2D eigenvalue weighted by Crippen LogP contribution is -2.12. The van der Waals surface area contributed by atoms with Crippen LogP contribution >= 0.6 is 0 Å². The van der Waals surface area contributed by atoms with Crippen molar-refractivity contribution in [3.63, 3.8) is 0 Å². The minimum absolute atomic E-state index is 0.0998. The van der Waals surface area contributed by atoms with E-state index < -0.39 is 18.4 Å². The highest BCUT2D eigenvalue weighted by Crippen LogP contribution is 2.31. The first-order valence-corrected chi connectivity index (χ1v) is 5.16. The fourth-order valence-corrected chi connectivity index (χ4v) is 1.45. The number of hydrogen-bond acceptors (Lipinski definition) is 5. The molecule has 8 heteroatoms. The van der Waals surface area contributed by atoms with Gasteiger partial charge in [-0.2, -0.15) is 18.2 Å². The van der Waals surface area contributed by atoms with E-state index in [4.69, 9.17) is 9.26 Å². The topological polar surface area (TPSA) is 68.4 Å². The lowest BCUT2D eigenvalue weighted by atomic mass is 10.2. The van der Waals surface area contributed by atoms with E-state index in [1.54, 1.807) is 0 Å². The van der Waals surface area contributed by atoms with Crippen molar-refractivity contribution in [2.45, 2.75) is 12.6 Å². The molecular formula is C11H9F3N2O3. The number of aromatic hydroxyl groups is 1. The number of phenolic OH excluding ortho intramolecular Hbond substituents is 1. The maximum Gasteiger partial charge on any atom is 0.396 e. The first-order chi connectivity index (χ1) is 8.89. The van der Waals surface area contributed by atoms with Gasteiger partial charge in [0.05, 0.1) is 7.11 Å². The van der Waals surface area contributed by atoms with Crippen molar-refractivity contribution in [1.29, 1.82) is 0 Å². The van der Waals surface area contributed by atoms with E-state index in [9.17, 15) is 18.3 Å². The monoisotopic (exact) mass is 274 g/mol. The fraction of sp³-hybridized carbons (Fsp3) is 0.273. The number of hydrogen-bond donors (Lipinski definition) is 1. The average molecular weight is 274 g/mol. The van der Waals surface area contributed by atoms with E-state index in [0.29, 0.717) is 5.56 Å². The summed E-state index contributed by atoms with van der Waals surface area (Å²) in [7, 11) is 1.38. The van der Waals surface area contributed by atoms with Gasteiger partial charge in [-0.25, -0.2) is 0 Å². The molecule has 0 amide bonds. The molecule has 0 atom stereocenters. The molecule has 1 aromatic carbocycles. The standard InChI is InChI=1S/C11H9F3N2O3/c1-18-8-3-2-6(4-7(8)17)10-15-9(16-19-10)5-11(12,13)14/h2-4,17H,5H2,1H3. The Bertz CT molecular complexity index is 581. The van der Waals surface area contributed by atoms with Crippen LogP contribution in [0.15, 0.2) is 22.7 Å². The number of methoxy groups -OCH3 is 1. The zero-order valence-electron chi connectivity index (χ0n) is 9.73. The number of rotatable bonds is 3. The van der Waals surface area contributed by atoms with Crippen LogP contribution in [0.5, 0.6) is 11.5 Å². The summed E-state index contributed by atoms with van der Waals surface area (Å²) in [5.74, 6) is -0.496. The summed E-state index contributed by atoms with van der Waals surface area (Å²) in [5.41, 5.74) is 0.305. The van der Waals surface area contributed by atoms with Crippen LogP contribution in [0.25, 0.3) is 11.5 Å². The number of aromatic nitrogens is 2. The summed E-state index contributed by atoms with van der Waals surface area (Å²) < 4.78 is 46.0. The third kappa shape index (κ3) is 3.15. The number of ether oxygens (including phenoxy) is 1. The molecule has 0 aliphatic heterocycles. The highest BCUT2D eigenvalue weighted by molar-refractivity contribution is 5.59. The van der Waals surface area contributed by atoms with Crippen molar-refractivity contribution in [3.8, 4) is 23.0 Å². The first-order valence-electron chi connectivity index (χ1n) is 5.16. The summed E-state index contributed by atoms with van der Waals surface area (Å²) in [6, 6.07) is 4.20. The summed E-state index contributed by atoms with van der Waals surface area (Å²) in [5, 5.41) is 12.8. The van der Waals surface area contributed by atoms with E-state index >= 15 is 0 Å². The Kier molecular flexibility index (Phi) is 3.32. The van der Waals surface area contributed by atoms with Crippen LogP contribution < -0.4 is 4.74 Å². The number of nitrogens with zero attached hydrogens (tertiary/aromatic N) is 2. The van der Waals surface area contributed by atoms with E-state index in [0.717, 1.165) is 0 Å². The van der Waals surface area contributed by atoms with Gasteiger partial charge in [-0.1, -0.05) is 5.16 Å². The summed E-state index contributed by atoms with van der Waals surface area (Å²) in [4.78, 5) is 3.61. The van der Waals surface area contributed by atoms with Crippen LogP contribution in [0.4, 0.5) is 13.2 Å². The molecule has 0 unspecified atom stereocenters. The minimum atomic E-state index is -4.40. The van der Waals surface area contributed by atoms with Gasteiger partial charge >= 0.3 is 6.18 Å². The van der Waals surface area contributed by atoms with E-state index in [2.05, 4.69) is 10.1 Å². The second-order valence-electron chi connectivity index (χ2n) is 3.69. The molecule has 0 saturated heterocycles. The van der Waals surface area contributed by atoms with E-state index in [-0.39, 0.29) is 17.4 Å². The predicted octanol–water partition coefficient (Wildman–Crippen LogP) is 2.56. The van der Waals surface area contributed by atoms with Gasteiger partial charge in [0, 0.05) is 5.56 Å². The van der Waals surface area contributed by atoms with Gasteiger partial charge in [0.15, 0.2) is 17.3 Å². The van der Waals surface area contributed by atoms with Gasteiger partial charge in [0.25, 0.3) is 5.89 Å². The molecule has 1 aromatic heterocycles. The van der Waals surface area contributed by atoms with Crippen LogP contribution in [0, 0.1) is 0 Å². The molecule has 0 spiro atoms. The van der Waals surface area contributed by atoms with Crippen LogP contribution in [0.1, 0.15) is 5.82 Å². The highest BCUT2D eigenvalue weighted by Gasteiger charge is 2.30. The molecule has 102 valence electrons. The molecule has 2 rings (SSSR count). The third-order valence-corrected chi connectivity index (χ3v) is 2.25. The Labute approximate surface area is 105 Å². The lowest BCUT2D eigenvalue weighted by molar-refractivity contribution is -0.128. The largest absolute Gasteiger partial charge is 0.504 e. The molecule has 0 fully saturated rings. The first kappa shape index (κ1) is 13.2. The number of benzene rings is 1. The van der Waals surface area contributed by atoms with Gasteiger partial charge < -0.3 is 14.4 Å². The molecule has 1 heterocycles. The smallest absolute Gasteiger partial charge is 0.396 e. The summed E-state index contributed by atoms with van der Waals surface area (Å²) >= 11 is 0. The highest BCUT2D eigenvalue weighted by atomic mass is 19.4. The second kappa shape index (κ2) is 4.79. The third-order valence-electron chi connectivity index (χ3n) is 2.25. The predicted molar refractivity (Wildman–Crippen MR) is 57.7 cm³/mol. The molecule has 0 aliphatic rings. The van der Waals surface area contributed by atoms with Crippen molar-refractivity contribution in [2.75, 3.05) is 7.11 Å². The molecule has 19 heavy (non-hydrogen) atoms. The molecule has 5 nitrogen and oxygen atoms in total. The van der Waals surface area contributed by atoms with Gasteiger partial charge in [-0.05, 0) is 18.2 Å². The zero-order chi connectivity index (χ0) is 14.0. The summed E-state index contributed by atoms with van der Waals surface area (Å²) in [6.45, 7) is 0. The summed E-state index contributed by atoms with van der Waals surface area (Å²) in [6.07, 6.45) is -5.66. The van der Waals surface area contributed by atoms with Crippen molar-refractivity contribution < 1.29 is 27.5 Å². The average Bonchev–Trinajstić information content (AvgIpc) is 2.75. The Hall–Kier alpha value is -2.25. The number of phenols is 1. The van der Waals surface area contributed by atoms with Crippen molar-refractivity contribution >= 4 is 0 Å². The quantitative estimate of drug-likeness (QED) is 0.931. The Morgan fingerprint density at radius 3 is 2.68 bits per heavy atom. The number of halogens is 3. The van der Waals surface area contributed by atoms with Crippen LogP contribution in [-0.2, 0) is 6.42 Å². The number of alkyl halides is 3. The zero-order valence-corrected chi connectivity index (χ0v) is 9.73. The Morgan fingerprint density at radius 1 is 1.37 bits per heavy atom. The van der Waals surface area contributed by atoms with E-state index in [1.165, 1.54) is 25.3 Å². The second-order valence-corrected chi connectivity index (χ2v) is 3.69. The van der Waals surface area contributed by atoms with Crippen molar-refractivity contribution in [3.05, 3.63) is 24.0 Å². The van der Waals surface area contributed by atoms with Gasteiger partial charge in [-0.15, -0.1) is 0 Å². The molecular weight excluding hydrogens is 265 g/mol. The Morgan fingerprint density at radius 2 is 2.11 bits per heavy atom. The minimum Gasteiger partial charge on any atom is -0.504 e. The van der Waals surface area contributed by atoms with Crippen LogP contribution in [0.3, 0.4) is 0 Å². The van der Waals surface area contributed by atoms with Crippen LogP contribution in [-0.4, -0.2) is 28.5 Å². The van der Waals surface area contributed by atoms with Crippen molar-refractivity contribution in [1.82, 2.24) is 10.1 Å². The maximum absolute atomic E-state index is 12.1. The maximum atomic E-state index is 12.1. The van der Waals surface area contributed by atoms with Gasteiger partial charge in [-0.3, -0.25) is 0 Å². The molecule has 2 aromatic rings. The Balaban J connectivity index is 2.25. The molecule has 0 aliphatic carbocycles. The van der Waals surface area contributed by atoms with Gasteiger partial charge in [0.2, 0.25) is 0 Å².